The van der Waals surface area contributed by atoms with Crippen molar-refractivity contribution in [1.29, 1.82) is 0 Å². The van der Waals surface area contributed by atoms with E-state index in [1.165, 1.54) is 6.20 Å². The number of H-pyrrole nitrogens is 1. The lowest BCUT2D eigenvalue weighted by Gasteiger charge is -2.42. The van der Waals surface area contributed by atoms with Gasteiger partial charge in [0.1, 0.15) is 5.52 Å². The van der Waals surface area contributed by atoms with E-state index < -0.39 is 11.4 Å². The summed E-state index contributed by atoms with van der Waals surface area (Å²) in [6.45, 7) is 8.29. The van der Waals surface area contributed by atoms with Gasteiger partial charge in [0.05, 0.1) is 16.8 Å². The van der Waals surface area contributed by atoms with Crippen molar-refractivity contribution in [2.45, 2.75) is 39.2 Å². The van der Waals surface area contributed by atoms with Gasteiger partial charge in [-0.2, -0.15) is 0 Å². The van der Waals surface area contributed by atoms with Gasteiger partial charge in [-0.3, -0.25) is 4.79 Å². The van der Waals surface area contributed by atoms with Crippen molar-refractivity contribution in [3.05, 3.63) is 65.5 Å². The number of benzene rings is 2. The lowest BCUT2D eigenvalue weighted by molar-refractivity contribution is -0.130. The molecule has 1 aliphatic heterocycles. The second-order valence-electron chi connectivity index (χ2n) is 9.81. The maximum Gasteiger partial charge on any atom is 0.339 e. The van der Waals surface area contributed by atoms with Crippen LogP contribution in [0.15, 0.2) is 48.7 Å². The van der Waals surface area contributed by atoms with E-state index in [9.17, 15) is 14.7 Å². The molecule has 2 aromatic carbocycles. The summed E-state index contributed by atoms with van der Waals surface area (Å²) in [7, 11) is 1.79. The average molecular weight is 458 g/mol. The Morgan fingerprint density at radius 1 is 1.15 bits per heavy atom. The first-order chi connectivity index (χ1) is 16.1. The summed E-state index contributed by atoms with van der Waals surface area (Å²) < 4.78 is 1.65. The van der Waals surface area contributed by atoms with Gasteiger partial charge in [-0.1, -0.05) is 51.1 Å². The van der Waals surface area contributed by atoms with Crippen molar-refractivity contribution >= 4 is 39.4 Å². The number of nitrogens with zero attached hydrogens (tertiary/aromatic N) is 4. The summed E-state index contributed by atoms with van der Waals surface area (Å²) in [6.07, 6.45) is 1.50. The topological polar surface area (TPSA) is 104 Å². The van der Waals surface area contributed by atoms with Crippen LogP contribution in [-0.2, 0) is 17.3 Å². The van der Waals surface area contributed by atoms with Crippen LogP contribution in [0.1, 0.15) is 49.3 Å². The molecule has 0 aliphatic carbocycles. The molecule has 0 bridgehead atoms. The second kappa shape index (κ2) is 7.55. The normalized spacial score (nSPS) is 17.6. The molecule has 4 aromatic rings. The van der Waals surface area contributed by atoms with E-state index in [0.29, 0.717) is 16.8 Å². The molecule has 174 valence electrons. The quantitative estimate of drug-likeness (QED) is 0.476. The highest BCUT2D eigenvalue weighted by Gasteiger charge is 2.45. The number of rotatable bonds is 3. The maximum absolute atomic E-state index is 13.9. The van der Waals surface area contributed by atoms with Gasteiger partial charge in [-0.15, -0.1) is 5.10 Å². The Morgan fingerprint density at radius 2 is 1.88 bits per heavy atom. The van der Waals surface area contributed by atoms with E-state index in [1.807, 2.05) is 30.3 Å². The molecular formula is C26H27N5O3. The standard InChI is InChI=1S/C26H27N5O3/c1-14(2)23-26(3,4)21-16-8-6-7-9-18(16)27-22(21)17(25(33)34)13-31(23)24(32)15-10-11-20-19(12-15)28-29-30(20)5/h6-14,23,27H,1-5H3,(H,33,34). The van der Waals surface area contributed by atoms with Crippen molar-refractivity contribution in [2.75, 3.05) is 0 Å². The van der Waals surface area contributed by atoms with E-state index in [2.05, 4.69) is 43.0 Å². The smallest absolute Gasteiger partial charge is 0.339 e. The fourth-order valence-electron chi connectivity index (χ4n) is 5.62. The molecular weight excluding hydrogens is 430 g/mol. The van der Waals surface area contributed by atoms with Gasteiger partial charge < -0.3 is 15.0 Å². The Labute approximate surface area is 196 Å². The van der Waals surface area contributed by atoms with Crippen molar-refractivity contribution < 1.29 is 14.7 Å². The van der Waals surface area contributed by atoms with E-state index in [0.717, 1.165) is 22.0 Å². The molecule has 0 saturated heterocycles. The molecule has 1 amide bonds. The second-order valence-corrected chi connectivity index (χ2v) is 9.81. The summed E-state index contributed by atoms with van der Waals surface area (Å²) in [5, 5.41) is 19.3. The zero-order valence-corrected chi connectivity index (χ0v) is 19.8. The third-order valence-corrected chi connectivity index (χ3v) is 6.88. The molecule has 1 aliphatic rings. The minimum atomic E-state index is -1.09. The Bertz CT molecular complexity index is 1490. The number of aryl methyl sites for hydroxylation is 1. The summed E-state index contributed by atoms with van der Waals surface area (Å²) >= 11 is 0. The highest BCUT2D eigenvalue weighted by Crippen LogP contribution is 2.45. The van der Waals surface area contributed by atoms with Crippen LogP contribution in [0, 0.1) is 5.92 Å². The number of carboxylic acid groups (broad SMARTS) is 1. The number of aromatic nitrogens is 4. The SMILES string of the molecule is CC(C)C1N(C(=O)c2ccc3c(c2)nnn3C)C=C(C(=O)O)c2[nH]c3ccccc3c2C1(C)C. The maximum atomic E-state index is 13.9. The fraction of sp³-hybridized carbons (Fsp3) is 0.308. The lowest BCUT2D eigenvalue weighted by atomic mass is 9.71. The van der Waals surface area contributed by atoms with E-state index in [1.54, 1.807) is 28.8 Å². The Hall–Kier alpha value is -3.94. The molecule has 0 radical (unpaired) electrons. The van der Waals surface area contributed by atoms with Crippen molar-refractivity contribution in [2.24, 2.45) is 13.0 Å². The summed E-state index contributed by atoms with van der Waals surface area (Å²) in [5.74, 6) is -1.31. The number of carbonyl (C=O) groups excluding carboxylic acids is 1. The highest BCUT2D eigenvalue weighted by atomic mass is 16.4. The van der Waals surface area contributed by atoms with Crippen molar-refractivity contribution in [3.8, 4) is 0 Å². The van der Waals surface area contributed by atoms with Gasteiger partial charge in [0.2, 0.25) is 0 Å². The number of amides is 1. The molecule has 1 atom stereocenters. The van der Waals surface area contributed by atoms with Crippen LogP contribution in [-0.4, -0.2) is 47.9 Å². The summed E-state index contributed by atoms with van der Waals surface area (Å²) in [5.41, 5.74) is 3.71. The third-order valence-electron chi connectivity index (χ3n) is 6.88. The first kappa shape index (κ1) is 21.9. The van der Waals surface area contributed by atoms with E-state index >= 15 is 0 Å². The van der Waals surface area contributed by atoms with Crippen LogP contribution in [0.2, 0.25) is 0 Å². The zero-order valence-electron chi connectivity index (χ0n) is 19.8. The van der Waals surface area contributed by atoms with Crippen LogP contribution in [0.4, 0.5) is 0 Å². The van der Waals surface area contributed by atoms with Gasteiger partial charge in [-0.25, -0.2) is 9.48 Å². The number of carboxylic acids is 1. The number of nitrogens with one attached hydrogen (secondary N) is 1. The zero-order chi connectivity index (χ0) is 24.4. The minimum Gasteiger partial charge on any atom is -0.478 e. The van der Waals surface area contributed by atoms with Gasteiger partial charge in [0.15, 0.2) is 0 Å². The van der Waals surface area contributed by atoms with E-state index in [-0.39, 0.29) is 23.4 Å². The number of aliphatic carboxylic acids is 1. The number of hydrogen-bond donors (Lipinski definition) is 2. The van der Waals surface area contributed by atoms with Crippen LogP contribution in [0.5, 0.6) is 0 Å². The molecule has 8 nitrogen and oxygen atoms in total. The lowest BCUT2D eigenvalue weighted by Crippen LogP contribution is -2.50. The Kier molecular flexibility index (Phi) is 4.86. The van der Waals surface area contributed by atoms with Crippen molar-refractivity contribution in [1.82, 2.24) is 24.9 Å². The number of carbonyl (C=O) groups is 2. The molecule has 0 spiro atoms. The van der Waals surface area contributed by atoms with Crippen LogP contribution in [0.25, 0.3) is 27.5 Å². The predicted molar refractivity (Wildman–Crippen MR) is 130 cm³/mol. The molecule has 2 aromatic heterocycles. The molecule has 1 unspecified atom stereocenters. The summed E-state index contributed by atoms with van der Waals surface area (Å²) in [6, 6.07) is 12.8. The van der Waals surface area contributed by atoms with Gasteiger partial charge in [-0.05, 0) is 35.7 Å². The van der Waals surface area contributed by atoms with Crippen LogP contribution < -0.4 is 0 Å². The molecule has 5 rings (SSSR count). The van der Waals surface area contributed by atoms with Crippen LogP contribution in [0.3, 0.4) is 0 Å². The van der Waals surface area contributed by atoms with Gasteiger partial charge in [0, 0.05) is 41.2 Å². The number of hydrogen-bond acceptors (Lipinski definition) is 4. The number of para-hydroxylation sites is 1. The van der Waals surface area contributed by atoms with Gasteiger partial charge in [0.25, 0.3) is 5.91 Å². The van der Waals surface area contributed by atoms with Crippen molar-refractivity contribution in [3.63, 3.8) is 0 Å². The van der Waals surface area contributed by atoms with Crippen LogP contribution >= 0.6 is 0 Å². The third kappa shape index (κ3) is 3.13. The molecule has 0 fully saturated rings. The van der Waals surface area contributed by atoms with E-state index in [4.69, 9.17) is 0 Å². The summed E-state index contributed by atoms with van der Waals surface area (Å²) in [4.78, 5) is 31.3. The molecule has 34 heavy (non-hydrogen) atoms. The van der Waals surface area contributed by atoms with Gasteiger partial charge >= 0.3 is 5.97 Å². The highest BCUT2D eigenvalue weighted by molar-refractivity contribution is 6.17. The minimum absolute atomic E-state index is 0.0464. The first-order valence-electron chi connectivity index (χ1n) is 11.3. The average Bonchev–Trinajstić information content (AvgIpc) is 3.33. The first-order valence-corrected chi connectivity index (χ1v) is 11.3. The number of fused-ring (bicyclic) bond motifs is 4. The molecule has 0 saturated carbocycles. The fourth-order valence-corrected chi connectivity index (χ4v) is 5.62. The largest absolute Gasteiger partial charge is 0.478 e. The molecule has 2 N–H and O–H groups in total. The monoisotopic (exact) mass is 457 g/mol. The molecule has 8 heteroatoms. The predicted octanol–water partition coefficient (Wildman–Crippen LogP) is 4.33. The number of aromatic amines is 1. The molecule has 3 heterocycles. The Morgan fingerprint density at radius 3 is 2.59 bits per heavy atom. The Balaban J connectivity index is 1.75.